The van der Waals surface area contributed by atoms with Crippen molar-refractivity contribution in [2.45, 2.75) is 0 Å². The molecule has 6 heteroatoms. The number of hydrogen-bond donors (Lipinski definition) is 4. The Bertz CT molecular complexity index is 23.0. The largest absolute Gasteiger partial charge is 0.668 e. The molecule has 0 fully saturated rings. The van der Waals surface area contributed by atoms with Crippen molar-refractivity contribution >= 4 is 9.05 Å². The van der Waals surface area contributed by atoms with Gasteiger partial charge in [-0.3, -0.25) is 0 Å². The Morgan fingerprint density at radius 2 is 0.833 bits per heavy atom. The van der Waals surface area contributed by atoms with Gasteiger partial charge in [-0.15, -0.1) is 0 Å². The summed E-state index contributed by atoms with van der Waals surface area (Å²) in [7, 11) is -4.61. The molecule has 0 aromatic carbocycles. The van der Waals surface area contributed by atoms with E-state index >= 15 is 0 Å². The smallest absolute Gasteiger partial charge is 0.368 e. The molecule has 38 valence electrons. The van der Waals surface area contributed by atoms with E-state index in [0.29, 0.717) is 0 Å². The molecule has 0 unspecified atom stereocenters. The van der Waals surface area contributed by atoms with Gasteiger partial charge in [-0.2, -0.15) is 0 Å². The summed E-state index contributed by atoms with van der Waals surface area (Å²) in [5.41, 5.74) is 0. The molecular formula is H4O4SiSm. The Kier molecular flexibility index (Phi) is 5.89. The van der Waals surface area contributed by atoms with Crippen LogP contribution >= 0.6 is 0 Å². The van der Waals surface area contributed by atoms with Crippen LogP contribution in [0.25, 0.3) is 0 Å². The maximum Gasteiger partial charge on any atom is 0.668 e. The van der Waals surface area contributed by atoms with E-state index in [9.17, 15) is 0 Å². The van der Waals surface area contributed by atoms with Crippen LogP contribution in [0.2, 0.25) is 0 Å². The van der Waals surface area contributed by atoms with Crippen molar-refractivity contribution < 1.29 is 59.6 Å². The zero-order valence-corrected chi connectivity index (χ0v) is 6.32. The Balaban J connectivity index is 0. The minimum absolute atomic E-state index is 0. The van der Waals surface area contributed by atoms with Gasteiger partial charge >= 0.3 is 9.05 Å². The first-order valence-corrected chi connectivity index (χ1v) is 2.68. The van der Waals surface area contributed by atoms with E-state index in [-0.39, 0.29) is 40.4 Å². The van der Waals surface area contributed by atoms with E-state index in [2.05, 4.69) is 0 Å². The molecule has 0 bridgehead atoms. The van der Waals surface area contributed by atoms with E-state index in [1.165, 1.54) is 0 Å². The second-order valence-electron chi connectivity index (χ2n) is 0.600. The first kappa shape index (κ1) is 10.4. The van der Waals surface area contributed by atoms with Crippen molar-refractivity contribution in [1.82, 2.24) is 0 Å². The average molecular weight is 246 g/mol. The Morgan fingerprint density at radius 3 is 0.833 bits per heavy atom. The van der Waals surface area contributed by atoms with Crippen LogP contribution in [0.15, 0.2) is 0 Å². The van der Waals surface area contributed by atoms with E-state index in [1.807, 2.05) is 0 Å². The van der Waals surface area contributed by atoms with Gasteiger partial charge in [-0.1, -0.05) is 0 Å². The fourth-order valence-corrected chi connectivity index (χ4v) is 0. The van der Waals surface area contributed by atoms with Gasteiger partial charge in [0.15, 0.2) is 0 Å². The summed E-state index contributed by atoms with van der Waals surface area (Å²) < 4.78 is 0. The maximum atomic E-state index is 7.33. The zero-order chi connectivity index (χ0) is 4.50. The van der Waals surface area contributed by atoms with E-state index in [0.717, 1.165) is 0 Å². The van der Waals surface area contributed by atoms with Crippen LogP contribution < -0.4 is 0 Å². The minimum Gasteiger partial charge on any atom is -0.368 e. The molecule has 0 aliphatic rings. The fourth-order valence-electron chi connectivity index (χ4n) is 0. The van der Waals surface area contributed by atoms with Crippen LogP contribution in [0.4, 0.5) is 0 Å². The number of hydrogen-bond acceptors (Lipinski definition) is 4. The number of rotatable bonds is 0. The van der Waals surface area contributed by atoms with Gasteiger partial charge in [-0.05, 0) is 0 Å². The van der Waals surface area contributed by atoms with Crippen molar-refractivity contribution in [3.8, 4) is 0 Å². The maximum absolute atomic E-state index is 7.33. The van der Waals surface area contributed by atoms with Gasteiger partial charge in [0.2, 0.25) is 0 Å². The monoisotopic (exact) mass is 248 g/mol. The summed E-state index contributed by atoms with van der Waals surface area (Å²) in [6, 6.07) is 0. The molecule has 0 atom stereocenters. The third-order valence-corrected chi connectivity index (χ3v) is 0. The topological polar surface area (TPSA) is 80.9 Å². The molecule has 0 aromatic heterocycles. The molecule has 0 saturated heterocycles. The molecule has 0 aliphatic carbocycles. The van der Waals surface area contributed by atoms with Crippen molar-refractivity contribution in [3.63, 3.8) is 0 Å². The first-order valence-electron chi connectivity index (χ1n) is 0.894. The van der Waals surface area contributed by atoms with Crippen molar-refractivity contribution in [3.05, 3.63) is 0 Å². The van der Waals surface area contributed by atoms with Crippen LogP contribution in [0.5, 0.6) is 0 Å². The predicted octanol–water partition coefficient (Wildman–Crippen LogP) is -2.61. The quantitative estimate of drug-likeness (QED) is 0.353. The van der Waals surface area contributed by atoms with Crippen molar-refractivity contribution in [2.24, 2.45) is 0 Å². The summed E-state index contributed by atoms with van der Waals surface area (Å²) in [5, 5.41) is 0. The molecule has 4 nitrogen and oxygen atoms in total. The Morgan fingerprint density at radius 1 is 0.833 bits per heavy atom. The van der Waals surface area contributed by atoms with Gasteiger partial charge in [-0.25, -0.2) is 0 Å². The van der Waals surface area contributed by atoms with Crippen LogP contribution in [0.1, 0.15) is 0 Å². The van der Waals surface area contributed by atoms with Crippen LogP contribution in [-0.4, -0.2) is 28.2 Å². The molecule has 0 heterocycles. The van der Waals surface area contributed by atoms with Gasteiger partial charge in [0.05, 0.1) is 0 Å². The molecular weight excluding hydrogens is 242 g/mol. The Labute approximate surface area is 68.0 Å². The fraction of sp³-hybridized carbons (Fsp3) is 0. The van der Waals surface area contributed by atoms with E-state index < -0.39 is 9.05 Å². The average Bonchev–Trinajstić information content (AvgIpc) is 0.722. The summed E-state index contributed by atoms with van der Waals surface area (Å²) in [6.07, 6.45) is 0. The second kappa shape index (κ2) is 3.40. The van der Waals surface area contributed by atoms with Crippen LogP contribution in [0, 0.1) is 40.4 Å². The predicted molar refractivity (Wildman–Crippen MR) is 14.6 cm³/mol. The second-order valence-corrected chi connectivity index (χ2v) is 1.80. The normalized spacial score (nSPS) is 10.0. The van der Waals surface area contributed by atoms with Crippen LogP contribution in [0.3, 0.4) is 0 Å². The summed E-state index contributed by atoms with van der Waals surface area (Å²) in [6.45, 7) is 0. The van der Waals surface area contributed by atoms with Crippen molar-refractivity contribution in [2.75, 3.05) is 0 Å². The SMILES string of the molecule is O[Si](O)(O)O.[Sm]. The van der Waals surface area contributed by atoms with Crippen LogP contribution in [-0.2, 0) is 0 Å². The molecule has 0 aliphatic heterocycles. The summed E-state index contributed by atoms with van der Waals surface area (Å²) in [5.74, 6) is 0. The van der Waals surface area contributed by atoms with Gasteiger partial charge in [0.1, 0.15) is 0 Å². The molecule has 6 heavy (non-hydrogen) atoms. The van der Waals surface area contributed by atoms with Gasteiger partial charge in [0, 0.05) is 40.4 Å². The Hall–Kier alpha value is 1.39. The van der Waals surface area contributed by atoms with Gasteiger partial charge < -0.3 is 19.2 Å². The minimum atomic E-state index is -4.61. The van der Waals surface area contributed by atoms with Gasteiger partial charge in [0.25, 0.3) is 0 Å². The molecule has 0 radical (unpaired) electrons. The standard InChI is InChI=1S/H4O4Si.Sm/c1-5(2,3)4;/h1-4H;. The molecule has 0 aromatic rings. The van der Waals surface area contributed by atoms with Crippen molar-refractivity contribution in [1.29, 1.82) is 0 Å². The molecule has 0 saturated carbocycles. The third kappa shape index (κ3) is 53.6. The zero-order valence-electron chi connectivity index (χ0n) is 2.70. The molecule has 0 spiro atoms. The summed E-state index contributed by atoms with van der Waals surface area (Å²) >= 11 is 0. The third-order valence-electron chi connectivity index (χ3n) is 0. The van der Waals surface area contributed by atoms with E-state index in [1.54, 1.807) is 0 Å². The first-order chi connectivity index (χ1) is 2.00. The molecule has 0 rings (SSSR count). The molecule has 0 amide bonds. The van der Waals surface area contributed by atoms with E-state index in [4.69, 9.17) is 19.2 Å². The molecule has 4 N–H and O–H groups in total. The summed E-state index contributed by atoms with van der Waals surface area (Å²) in [4.78, 5) is 29.3.